The highest BCUT2D eigenvalue weighted by molar-refractivity contribution is 7.08. The van der Waals surface area contributed by atoms with Crippen molar-refractivity contribution in [3.8, 4) is 0 Å². The second-order valence-corrected chi connectivity index (χ2v) is 8.41. The van der Waals surface area contributed by atoms with Crippen LogP contribution in [0.3, 0.4) is 0 Å². The van der Waals surface area contributed by atoms with Gasteiger partial charge in [-0.25, -0.2) is 4.99 Å². The second kappa shape index (κ2) is 11.6. The SMILES string of the molecule is CCNC(=NCc1cccc(COCc2ccccc2)c1)NCC(C)(O)c1ccsc1. The molecular formula is C25H31N3O2S. The van der Waals surface area contributed by atoms with Gasteiger partial charge in [-0.2, -0.15) is 11.3 Å². The first-order valence-electron chi connectivity index (χ1n) is 10.5. The van der Waals surface area contributed by atoms with Crippen LogP contribution in [-0.4, -0.2) is 24.2 Å². The van der Waals surface area contributed by atoms with Crippen LogP contribution >= 0.6 is 11.3 Å². The molecule has 1 atom stereocenters. The molecule has 0 aliphatic rings. The van der Waals surface area contributed by atoms with Crippen molar-refractivity contribution in [2.24, 2.45) is 4.99 Å². The molecule has 0 saturated carbocycles. The Balaban J connectivity index is 1.54. The Bertz CT molecular complexity index is 940. The summed E-state index contributed by atoms with van der Waals surface area (Å²) in [5.74, 6) is 0.684. The molecule has 164 valence electrons. The Kier molecular flexibility index (Phi) is 8.64. The van der Waals surface area contributed by atoms with Gasteiger partial charge in [-0.15, -0.1) is 0 Å². The molecule has 3 aromatic rings. The van der Waals surface area contributed by atoms with Gasteiger partial charge in [0.15, 0.2) is 5.96 Å². The number of nitrogens with zero attached hydrogens (tertiary/aromatic N) is 1. The molecule has 5 nitrogen and oxygen atoms in total. The van der Waals surface area contributed by atoms with Crippen LogP contribution in [0.2, 0.25) is 0 Å². The van der Waals surface area contributed by atoms with E-state index in [0.717, 1.165) is 23.2 Å². The predicted octanol–water partition coefficient (Wildman–Crippen LogP) is 4.43. The first-order chi connectivity index (χ1) is 15.1. The fraction of sp³-hybridized carbons (Fsp3) is 0.320. The van der Waals surface area contributed by atoms with Crippen LogP contribution in [0, 0.1) is 0 Å². The molecule has 0 radical (unpaired) electrons. The molecule has 3 rings (SSSR count). The molecule has 0 aliphatic carbocycles. The van der Waals surface area contributed by atoms with Crippen LogP contribution in [-0.2, 0) is 30.1 Å². The van der Waals surface area contributed by atoms with Gasteiger partial charge in [0.25, 0.3) is 0 Å². The van der Waals surface area contributed by atoms with Crippen molar-refractivity contribution in [3.05, 3.63) is 93.7 Å². The third kappa shape index (κ3) is 7.51. The number of aliphatic hydroxyl groups is 1. The van der Waals surface area contributed by atoms with Gasteiger partial charge in [0, 0.05) is 6.54 Å². The van der Waals surface area contributed by atoms with Gasteiger partial charge in [0.05, 0.1) is 26.3 Å². The average Bonchev–Trinajstić information content (AvgIpc) is 3.33. The zero-order valence-electron chi connectivity index (χ0n) is 18.2. The zero-order chi connectivity index (χ0) is 21.9. The van der Waals surface area contributed by atoms with E-state index < -0.39 is 5.60 Å². The summed E-state index contributed by atoms with van der Waals surface area (Å²) in [6.07, 6.45) is 0. The second-order valence-electron chi connectivity index (χ2n) is 7.63. The molecule has 1 heterocycles. The van der Waals surface area contributed by atoms with Crippen LogP contribution < -0.4 is 10.6 Å². The van der Waals surface area contributed by atoms with Crippen molar-refractivity contribution in [1.29, 1.82) is 0 Å². The number of rotatable bonds is 10. The van der Waals surface area contributed by atoms with Gasteiger partial charge < -0.3 is 20.5 Å². The van der Waals surface area contributed by atoms with E-state index in [4.69, 9.17) is 4.74 Å². The average molecular weight is 438 g/mol. The predicted molar refractivity (Wildman–Crippen MR) is 128 cm³/mol. The third-order valence-electron chi connectivity index (χ3n) is 4.88. The number of guanidine groups is 1. The van der Waals surface area contributed by atoms with Gasteiger partial charge >= 0.3 is 0 Å². The smallest absolute Gasteiger partial charge is 0.191 e. The molecule has 0 amide bonds. The van der Waals surface area contributed by atoms with Crippen LogP contribution in [0.5, 0.6) is 0 Å². The number of hydrogen-bond donors (Lipinski definition) is 3. The molecule has 1 unspecified atom stereocenters. The highest BCUT2D eigenvalue weighted by Crippen LogP contribution is 2.22. The van der Waals surface area contributed by atoms with E-state index in [0.29, 0.717) is 32.3 Å². The summed E-state index contributed by atoms with van der Waals surface area (Å²) in [7, 11) is 0. The van der Waals surface area contributed by atoms with Crippen molar-refractivity contribution >= 4 is 17.3 Å². The number of benzene rings is 2. The lowest BCUT2D eigenvalue weighted by Crippen LogP contribution is -2.44. The lowest BCUT2D eigenvalue weighted by molar-refractivity contribution is 0.0621. The summed E-state index contributed by atoms with van der Waals surface area (Å²) in [4.78, 5) is 4.68. The minimum Gasteiger partial charge on any atom is -0.384 e. The van der Waals surface area contributed by atoms with Crippen LogP contribution in [0.15, 0.2) is 76.4 Å². The van der Waals surface area contributed by atoms with Crippen LogP contribution in [0.1, 0.15) is 36.1 Å². The maximum absolute atomic E-state index is 10.7. The summed E-state index contributed by atoms with van der Waals surface area (Å²) in [5, 5.41) is 21.2. The molecule has 0 aliphatic heterocycles. The number of nitrogens with one attached hydrogen (secondary N) is 2. The van der Waals surface area contributed by atoms with Crippen molar-refractivity contribution in [1.82, 2.24) is 10.6 Å². The lowest BCUT2D eigenvalue weighted by Gasteiger charge is -2.24. The molecule has 1 aromatic heterocycles. The maximum atomic E-state index is 10.7. The van der Waals surface area contributed by atoms with E-state index in [-0.39, 0.29) is 0 Å². The Hall–Kier alpha value is -2.67. The molecule has 0 bridgehead atoms. The first-order valence-corrected chi connectivity index (χ1v) is 11.5. The molecule has 2 aromatic carbocycles. The Morgan fingerprint density at radius 3 is 2.48 bits per heavy atom. The number of ether oxygens (including phenoxy) is 1. The molecule has 3 N–H and O–H groups in total. The topological polar surface area (TPSA) is 65.9 Å². The quantitative estimate of drug-likeness (QED) is 0.324. The molecule has 0 saturated heterocycles. The van der Waals surface area contributed by atoms with Crippen molar-refractivity contribution in [3.63, 3.8) is 0 Å². The number of thiophene rings is 1. The van der Waals surface area contributed by atoms with E-state index in [1.807, 2.05) is 54.9 Å². The van der Waals surface area contributed by atoms with Crippen LogP contribution in [0.25, 0.3) is 0 Å². The summed E-state index contributed by atoms with van der Waals surface area (Å²) in [6, 6.07) is 20.4. The van der Waals surface area contributed by atoms with Gasteiger partial charge in [-0.3, -0.25) is 0 Å². The van der Waals surface area contributed by atoms with Crippen LogP contribution in [0.4, 0.5) is 0 Å². The Labute approximate surface area is 188 Å². The first kappa shape index (κ1) is 23.0. The molecule has 0 fully saturated rings. The Morgan fingerprint density at radius 1 is 1.00 bits per heavy atom. The van der Waals surface area contributed by atoms with Gasteiger partial charge in [0.1, 0.15) is 5.60 Å². The minimum absolute atomic E-state index is 0.378. The lowest BCUT2D eigenvalue weighted by atomic mass is 9.99. The summed E-state index contributed by atoms with van der Waals surface area (Å²) >= 11 is 1.58. The summed E-state index contributed by atoms with van der Waals surface area (Å²) < 4.78 is 5.85. The van der Waals surface area contributed by atoms with Gasteiger partial charge in [-0.05, 0) is 52.9 Å². The van der Waals surface area contributed by atoms with Crippen molar-refractivity contribution in [2.75, 3.05) is 13.1 Å². The molecule has 31 heavy (non-hydrogen) atoms. The van der Waals surface area contributed by atoms with Gasteiger partial charge in [-0.1, -0.05) is 54.6 Å². The standard InChI is InChI=1S/C25H31N3O2S/c1-3-26-24(28-19-25(2,29)23-12-13-31-18-23)27-15-21-10-7-11-22(14-21)17-30-16-20-8-5-4-6-9-20/h4-14,18,29H,3,15-17,19H2,1-2H3,(H2,26,27,28). The maximum Gasteiger partial charge on any atom is 0.191 e. The highest BCUT2D eigenvalue weighted by atomic mass is 32.1. The molecular weight excluding hydrogens is 406 g/mol. The normalized spacial score (nSPS) is 13.6. The number of hydrogen-bond acceptors (Lipinski definition) is 4. The monoisotopic (exact) mass is 437 g/mol. The highest BCUT2D eigenvalue weighted by Gasteiger charge is 2.23. The molecule has 0 spiro atoms. The van der Waals surface area contributed by atoms with Crippen molar-refractivity contribution in [2.45, 2.75) is 39.2 Å². The fourth-order valence-electron chi connectivity index (χ4n) is 3.12. The van der Waals surface area contributed by atoms with E-state index in [9.17, 15) is 5.11 Å². The van der Waals surface area contributed by atoms with E-state index in [2.05, 4.69) is 46.0 Å². The zero-order valence-corrected chi connectivity index (χ0v) is 19.0. The van der Waals surface area contributed by atoms with E-state index in [1.165, 1.54) is 5.56 Å². The largest absolute Gasteiger partial charge is 0.384 e. The fourth-order valence-corrected chi connectivity index (χ4v) is 3.90. The molecule has 6 heteroatoms. The van der Waals surface area contributed by atoms with E-state index >= 15 is 0 Å². The van der Waals surface area contributed by atoms with Crippen molar-refractivity contribution < 1.29 is 9.84 Å². The third-order valence-corrected chi connectivity index (χ3v) is 5.56. The summed E-state index contributed by atoms with van der Waals surface area (Å²) in [5.41, 5.74) is 3.36. The number of aliphatic imine (C=N–C) groups is 1. The minimum atomic E-state index is -0.952. The Morgan fingerprint density at radius 2 is 1.74 bits per heavy atom. The van der Waals surface area contributed by atoms with E-state index in [1.54, 1.807) is 11.3 Å². The summed E-state index contributed by atoms with van der Waals surface area (Å²) in [6.45, 7) is 6.67. The van der Waals surface area contributed by atoms with Gasteiger partial charge in [0.2, 0.25) is 0 Å².